The molecule has 0 unspecified atom stereocenters. The monoisotopic (exact) mass is 439 g/mol. The molecule has 6 nitrogen and oxygen atoms in total. The molecule has 0 saturated heterocycles. The van der Waals surface area contributed by atoms with Crippen molar-refractivity contribution in [2.75, 3.05) is 0 Å². The van der Waals surface area contributed by atoms with E-state index in [2.05, 4.69) is 57.0 Å². The molecule has 0 aliphatic rings. The van der Waals surface area contributed by atoms with Crippen molar-refractivity contribution in [3.63, 3.8) is 0 Å². The highest BCUT2D eigenvalue weighted by molar-refractivity contribution is 7.98. The third-order valence-electron chi connectivity index (χ3n) is 4.67. The van der Waals surface area contributed by atoms with Crippen molar-refractivity contribution in [3.05, 3.63) is 70.9 Å². The fraction of sp³-hybridized carbons (Fsp3) is 0.273. The lowest BCUT2D eigenvalue weighted by Crippen LogP contribution is -2.05. The normalized spacial score (nSPS) is 11.4. The molecule has 0 spiro atoms. The summed E-state index contributed by atoms with van der Waals surface area (Å²) in [5, 5.41) is 18.6. The molecule has 4 rings (SSSR count). The number of hydrogen-bond acceptors (Lipinski definition) is 6. The van der Waals surface area contributed by atoms with Gasteiger partial charge >= 0.3 is 0 Å². The first-order chi connectivity index (χ1) is 14.6. The first kappa shape index (κ1) is 20.6. The maximum atomic E-state index is 6.09. The third kappa shape index (κ3) is 4.27. The van der Waals surface area contributed by atoms with Crippen LogP contribution in [0.3, 0.4) is 0 Å². The van der Waals surface area contributed by atoms with Gasteiger partial charge in [-0.25, -0.2) is 0 Å². The molecule has 0 N–H and O–H groups in total. The predicted molar refractivity (Wildman–Crippen MR) is 119 cm³/mol. The number of benzene rings is 2. The Balaban J connectivity index is 1.78. The van der Waals surface area contributed by atoms with Crippen molar-refractivity contribution in [2.45, 2.75) is 44.0 Å². The Kier molecular flexibility index (Phi) is 6.20. The number of halogens is 1. The summed E-state index contributed by atoms with van der Waals surface area (Å²) < 4.78 is 7.75. The van der Waals surface area contributed by atoms with Crippen molar-refractivity contribution in [1.82, 2.24) is 25.0 Å². The minimum absolute atomic E-state index is 0.350. The van der Waals surface area contributed by atoms with Crippen LogP contribution >= 0.6 is 23.4 Å². The molecule has 0 amide bonds. The van der Waals surface area contributed by atoms with Gasteiger partial charge < -0.3 is 4.42 Å². The van der Waals surface area contributed by atoms with Gasteiger partial charge in [0.25, 0.3) is 0 Å². The van der Waals surface area contributed by atoms with E-state index >= 15 is 0 Å². The molecule has 0 radical (unpaired) electrons. The van der Waals surface area contributed by atoms with Crippen LogP contribution in [-0.2, 0) is 12.2 Å². The summed E-state index contributed by atoms with van der Waals surface area (Å²) in [5.41, 5.74) is 3.23. The zero-order valence-corrected chi connectivity index (χ0v) is 18.6. The molecule has 4 aromatic rings. The second-order valence-corrected chi connectivity index (χ2v) is 8.47. The van der Waals surface area contributed by atoms with Crippen LogP contribution in [0.15, 0.2) is 58.1 Å². The van der Waals surface area contributed by atoms with Crippen molar-refractivity contribution < 1.29 is 4.42 Å². The van der Waals surface area contributed by atoms with Crippen LogP contribution in [0.5, 0.6) is 0 Å². The van der Waals surface area contributed by atoms with Crippen LogP contribution in [0.2, 0.25) is 5.02 Å². The Morgan fingerprint density at radius 3 is 2.40 bits per heavy atom. The van der Waals surface area contributed by atoms with E-state index in [1.807, 2.05) is 37.3 Å². The summed E-state index contributed by atoms with van der Waals surface area (Å²) in [7, 11) is 0. The predicted octanol–water partition coefficient (Wildman–Crippen LogP) is 5.95. The lowest BCUT2D eigenvalue weighted by atomic mass is 10.0. The molecule has 2 heterocycles. The summed E-state index contributed by atoms with van der Waals surface area (Å²) in [4.78, 5) is 0. The number of thioether (sulfide) groups is 1. The Labute approximate surface area is 184 Å². The molecular weight excluding hydrogens is 418 g/mol. The average Bonchev–Trinajstić information content (AvgIpc) is 3.39. The summed E-state index contributed by atoms with van der Waals surface area (Å²) in [5.74, 6) is 2.86. The van der Waals surface area contributed by atoms with Crippen LogP contribution in [0, 0.1) is 0 Å². The summed E-state index contributed by atoms with van der Waals surface area (Å²) in [6, 6.07) is 16.0. The van der Waals surface area contributed by atoms with Gasteiger partial charge in [0, 0.05) is 17.0 Å². The quantitative estimate of drug-likeness (QED) is 0.331. The van der Waals surface area contributed by atoms with Gasteiger partial charge in [-0.15, -0.1) is 20.4 Å². The molecule has 0 aliphatic heterocycles. The Bertz CT molecular complexity index is 1140. The highest BCUT2D eigenvalue weighted by Gasteiger charge is 2.20. The average molecular weight is 440 g/mol. The lowest BCUT2D eigenvalue weighted by Gasteiger charge is -2.16. The highest BCUT2D eigenvalue weighted by Crippen LogP contribution is 2.33. The fourth-order valence-corrected chi connectivity index (χ4v) is 4.07. The number of para-hydroxylation sites is 1. The van der Waals surface area contributed by atoms with Crippen LogP contribution in [0.4, 0.5) is 0 Å². The number of hydrogen-bond donors (Lipinski definition) is 0. The maximum absolute atomic E-state index is 6.09. The van der Waals surface area contributed by atoms with Gasteiger partial charge in [0.1, 0.15) is 0 Å². The van der Waals surface area contributed by atoms with Crippen molar-refractivity contribution >= 4 is 23.4 Å². The van der Waals surface area contributed by atoms with E-state index in [0.29, 0.717) is 28.5 Å². The molecule has 2 aromatic heterocycles. The van der Waals surface area contributed by atoms with Crippen molar-refractivity contribution in [3.8, 4) is 17.1 Å². The van der Waals surface area contributed by atoms with E-state index in [9.17, 15) is 0 Å². The van der Waals surface area contributed by atoms with Gasteiger partial charge in [-0.2, -0.15) is 0 Å². The van der Waals surface area contributed by atoms with Crippen LogP contribution in [0.1, 0.15) is 44.0 Å². The highest BCUT2D eigenvalue weighted by atomic mass is 35.5. The summed E-state index contributed by atoms with van der Waals surface area (Å²) >= 11 is 7.61. The second kappa shape index (κ2) is 9.02. The molecule has 0 saturated carbocycles. The number of aromatic nitrogens is 5. The lowest BCUT2D eigenvalue weighted by molar-refractivity contribution is 0.470. The molecular formula is C22H22ClN5OS. The Morgan fingerprint density at radius 2 is 1.70 bits per heavy atom. The molecule has 30 heavy (non-hydrogen) atoms. The van der Waals surface area contributed by atoms with Gasteiger partial charge in [0.2, 0.25) is 11.8 Å². The first-order valence-corrected chi connectivity index (χ1v) is 11.2. The molecule has 154 valence electrons. The van der Waals surface area contributed by atoms with Crippen LogP contribution in [0.25, 0.3) is 17.1 Å². The van der Waals surface area contributed by atoms with Crippen molar-refractivity contribution in [1.29, 1.82) is 0 Å². The topological polar surface area (TPSA) is 69.6 Å². The van der Waals surface area contributed by atoms with Crippen LogP contribution in [-0.4, -0.2) is 25.0 Å². The van der Waals surface area contributed by atoms with E-state index in [-0.39, 0.29) is 0 Å². The van der Waals surface area contributed by atoms with E-state index < -0.39 is 0 Å². The van der Waals surface area contributed by atoms with E-state index in [1.54, 1.807) is 0 Å². The Hall–Kier alpha value is -2.64. The zero-order valence-electron chi connectivity index (χ0n) is 17.0. The second-order valence-electron chi connectivity index (χ2n) is 7.09. The van der Waals surface area contributed by atoms with E-state index in [1.165, 1.54) is 17.3 Å². The molecule has 0 aliphatic carbocycles. The third-order valence-corrected chi connectivity index (χ3v) is 5.84. The van der Waals surface area contributed by atoms with Gasteiger partial charge in [-0.1, -0.05) is 62.3 Å². The molecule has 8 heteroatoms. The Morgan fingerprint density at radius 1 is 0.967 bits per heavy atom. The number of rotatable bonds is 7. The molecule has 0 fully saturated rings. The van der Waals surface area contributed by atoms with Gasteiger partial charge in [0.15, 0.2) is 11.0 Å². The smallest absolute Gasteiger partial charge is 0.226 e. The van der Waals surface area contributed by atoms with Gasteiger partial charge in [0.05, 0.1) is 11.4 Å². The van der Waals surface area contributed by atoms with E-state index in [0.717, 1.165) is 28.7 Å². The van der Waals surface area contributed by atoms with E-state index in [4.69, 9.17) is 16.0 Å². The van der Waals surface area contributed by atoms with Gasteiger partial charge in [-0.05, 0) is 41.8 Å². The standard InChI is InChI=1S/C22H22ClN5OS/c1-4-19-24-25-20(29-19)13-30-22-27-26-21(15-9-11-16(23)12-10-15)28(22)18-8-6-5-7-17(18)14(2)3/h5-12,14H,4,13H2,1-3H3. The molecule has 2 aromatic carbocycles. The minimum Gasteiger partial charge on any atom is -0.424 e. The number of aryl methyl sites for hydroxylation is 1. The van der Waals surface area contributed by atoms with Gasteiger partial charge in [-0.3, -0.25) is 4.57 Å². The zero-order chi connectivity index (χ0) is 21.1. The SMILES string of the molecule is CCc1nnc(CSc2nnc(-c3ccc(Cl)cc3)n2-c2ccccc2C(C)C)o1. The van der Waals surface area contributed by atoms with Crippen molar-refractivity contribution in [2.24, 2.45) is 0 Å². The fourth-order valence-electron chi connectivity index (χ4n) is 3.16. The molecule has 0 bridgehead atoms. The van der Waals surface area contributed by atoms with Crippen LogP contribution < -0.4 is 0 Å². The molecule has 0 atom stereocenters. The maximum Gasteiger partial charge on any atom is 0.226 e. The largest absolute Gasteiger partial charge is 0.424 e. The summed E-state index contributed by atoms with van der Waals surface area (Å²) in [6.07, 6.45) is 0.719. The first-order valence-electron chi connectivity index (χ1n) is 9.81. The minimum atomic E-state index is 0.350. The number of nitrogens with zero attached hydrogens (tertiary/aromatic N) is 5. The summed E-state index contributed by atoms with van der Waals surface area (Å²) in [6.45, 7) is 6.35.